The molecule has 0 radical (unpaired) electrons. The number of rotatable bonds is 4. The first kappa shape index (κ1) is 14.5. The molecule has 0 aromatic carbocycles. The first-order valence-electron chi connectivity index (χ1n) is 5.85. The summed E-state index contributed by atoms with van der Waals surface area (Å²) in [5.41, 5.74) is 0.553. The van der Waals surface area contributed by atoms with Crippen LogP contribution < -0.4 is 4.72 Å². The Hall–Kier alpha value is -1.45. The van der Waals surface area contributed by atoms with Crippen LogP contribution in [0, 0.1) is 6.92 Å². The van der Waals surface area contributed by atoms with Gasteiger partial charge in [0.15, 0.2) is 0 Å². The highest BCUT2D eigenvalue weighted by molar-refractivity contribution is 9.10. The van der Waals surface area contributed by atoms with E-state index in [0.717, 1.165) is 0 Å². The summed E-state index contributed by atoms with van der Waals surface area (Å²) >= 11 is 3.21. The van der Waals surface area contributed by atoms with Gasteiger partial charge >= 0.3 is 0 Å². The Morgan fingerprint density at radius 3 is 2.62 bits per heavy atom. The lowest BCUT2D eigenvalue weighted by Crippen LogP contribution is -2.11. The highest BCUT2D eigenvalue weighted by Gasteiger charge is 2.24. The average molecular weight is 391 g/mol. The molecule has 112 valence electrons. The molecule has 0 saturated carbocycles. The van der Waals surface area contributed by atoms with E-state index in [2.05, 4.69) is 25.8 Å². The predicted octanol–water partition coefficient (Wildman–Crippen LogP) is 3.54. The van der Waals surface area contributed by atoms with Crippen molar-refractivity contribution >= 4 is 42.7 Å². The molecule has 1 aliphatic heterocycles. The van der Waals surface area contributed by atoms with Crippen molar-refractivity contribution in [1.29, 1.82) is 0 Å². The van der Waals surface area contributed by atoms with Crippen molar-refractivity contribution in [2.24, 2.45) is 0 Å². The zero-order valence-electron chi connectivity index (χ0n) is 10.8. The Morgan fingerprint density at radius 2 is 2.00 bits per heavy atom. The van der Waals surface area contributed by atoms with Gasteiger partial charge in [0.25, 0.3) is 15.9 Å². The van der Waals surface area contributed by atoms with Gasteiger partial charge in [0.2, 0.25) is 5.09 Å². The third-order valence-corrected chi connectivity index (χ3v) is 6.58. The molecule has 0 saturated heterocycles. The van der Waals surface area contributed by atoms with E-state index in [1.54, 1.807) is 13.0 Å². The Morgan fingerprint density at radius 1 is 1.29 bits per heavy atom. The van der Waals surface area contributed by atoms with Crippen LogP contribution in [-0.2, 0) is 10.0 Å². The van der Waals surface area contributed by atoms with E-state index in [9.17, 15) is 8.42 Å². The Balaban J connectivity index is 1.86. The number of hydrogen-bond donors (Lipinski definition) is 2. The quantitative estimate of drug-likeness (QED) is 0.779. The van der Waals surface area contributed by atoms with Gasteiger partial charge < -0.3 is 8.94 Å². The van der Waals surface area contributed by atoms with Crippen LogP contribution in [0.2, 0.25) is 0 Å². The van der Waals surface area contributed by atoms with Crippen molar-refractivity contribution in [1.82, 2.24) is 5.16 Å². The summed E-state index contributed by atoms with van der Waals surface area (Å²) < 4.78 is 37.6. The fraction of sp³-hybridized carbons (Fsp3) is 0.0833. The molecule has 0 amide bonds. The molecule has 1 N–H and O–H groups in total. The molecular formula is C12H11BrN2O4S2. The lowest BCUT2D eigenvalue weighted by Gasteiger charge is -2.05. The fourth-order valence-electron chi connectivity index (χ4n) is 1.67. The molecule has 2 aromatic heterocycles. The molecule has 9 heteroatoms. The normalized spacial score (nSPS) is 15.8. The lowest BCUT2D eigenvalue weighted by molar-refractivity contribution is 0.382. The Kier molecular flexibility index (Phi) is 3.72. The van der Waals surface area contributed by atoms with Gasteiger partial charge in [-0.3, -0.25) is 0 Å². The van der Waals surface area contributed by atoms with E-state index < -0.39 is 20.9 Å². The van der Waals surface area contributed by atoms with E-state index in [4.69, 9.17) is 8.94 Å². The monoisotopic (exact) mass is 390 g/mol. The van der Waals surface area contributed by atoms with Crippen molar-refractivity contribution in [3.8, 4) is 0 Å². The molecule has 6 nitrogen and oxygen atoms in total. The molecule has 0 bridgehead atoms. The first-order chi connectivity index (χ1) is 9.97. The maximum atomic E-state index is 12.2. The van der Waals surface area contributed by atoms with Crippen molar-refractivity contribution in [3.63, 3.8) is 0 Å². The smallest absolute Gasteiger partial charge is 0.297 e. The minimum absolute atomic E-state index is 0.0248. The molecule has 3 heterocycles. The molecule has 0 spiro atoms. The van der Waals surface area contributed by atoms with Crippen LogP contribution in [-0.4, -0.2) is 13.6 Å². The number of nitrogens with one attached hydrogen (secondary N) is 1. The summed E-state index contributed by atoms with van der Waals surface area (Å²) in [7, 11) is -4.54. The van der Waals surface area contributed by atoms with Gasteiger partial charge in [-0.1, -0.05) is 17.3 Å². The largest absolute Gasteiger partial charge is 0.438 e. The summed E-state index contributed by atoms with van der Waals surface area (Å²) in [6.07, 6.45) is 3.82. The van der Waals surface area contributed by atoms with Gasteiger partial charge in [-0.25, -0.2) is 4.72 Å². The van der Waals surface area contributed by atoms with Crippen LogP contribution in [0.15, 0.2) is 58.7 Å². The van der Waals surface area contributed by atoms with Gasteiger partial charge in [0, 0.05) is 0 Å². The topological polar surface area (TPSA) is 85.3 Å². The van der Waals surface area contributed by atoms with Crippen molar-refractivity contribution < 1.29 is 17.4 Å². The minimum atomic E-state index is -3.85. The molecule has 0 atom stereocenters. The highest BCUT2D eigenvalue weighted by Crippen LogP contribution is 2.43. The summed E-state index contributed by atoms with van der Waals surface area (Å²) in [5, 5.41) is 8.10. The summed E-state index contributed by atoms with van der Waals surface area (Å²) in [6.45, 7) is 1.69. The number of furan rings is 1. The highest BCUT2D eigenvalue weighted by atomic mass is 79.9. The Labute approximate surface area is 132 Å². The number of hydrogen-bond acceptors (Lipinski definition) is 5. The maximum Gasteiger partial charge on any atom is 0.297 e. The molecule has 1 aliphatic rings. The van der Waals surface area contributed by atoms with Gasteiger partial charge in [-0.2, -0.15) is 19.3 Å². The fourth-order valence-corrected chi connectivity index (χ4v) is 4.45. The number of aromatic nitrogens is 1. The van der Waals surface area contributed by atoms with Gasteiger partial charge in [0.05, 0.1) is 5.69 Å². The minimum Gasteiger partial charge on any atom is -0.438 e. The molecular weight excluding hydrogens is 380 g/mol. The third-order valence-electron chi connectivity index (χ3n) is 2.71. The standard InChI is InChI=1S/C12H11BrN2O4S2/c1-8-11(13)12(19-14-8)15-21(16,17)10-5-4-9(18-10)20-6-2-3-7-20/h2-7,15,20H,1H3. The molecule has 0 aliphatic carbocycles. The Bertz CT molecular complexity index is 823. The number of nitrogens with zero attached hydrogens (tertiary/aromatic N) is 1. The van der Waals surface area contributed by atoms with Crippen molar-refractivity contribution in [2.75, 3.05) is 4.72 Å². The van der Waals surface area contributed by atoms with Crippen LogP contribution in [0.25, 0.3) is 0 Å². The summed E-state index contributed by atoms with van der Waals surface area (Å²) in [6, 6.07) is 3.10. The molecule has 21 heavy (non-hydrogen) atoms. The van der Waals surface area contributed by atoms with E-state index in [1.165, 1.54) is 6.07 Å². The van der Waals surface area contributed by atoms with Crippen molar-refractivity contribution in [2.45, 2.75) is 17.1 Å². The molecule has 0 unspecified atom stereocenters. The third kappa shape index (κ3) is 2.81. The molecule has 2 aromatic rings. The van der Waals surface area contributed by atoms with Crippen molar-refractivity contribution in [3.05, 3.63) is 45.3 Å². The van der Waals surface area contributed by atoms with Gasteiger partial charge in [-0.15, -0.1) is 0 Å². The van der Waals surface area contributed by atoms with E-state index in [-0.39, 0.29) is 11.0 Å². The van der Waals surface area contributed by atoms with Crippen LogP contribution >= 0.6 is 26.8 Å². The number of allylic oxidation sites excluding steroid dienone is 2. The predicted molar refractivity (Wildman–Crippen MR) is 84.0 cm³/mol. The molecule has 0 fully saturated rings. The number of halogens is 1. The zero-order valence-corrected chi connectivity index (χ0v) is 14.1. The summed E-state index contributed by atoms with van der Waals surface area (Å²) in [4.78, 5) is 0. The number of aryl methyl sites for hydroxylation is 1. The van der Waals surface area contributed by atoms with Crippen LogP contribution in [0.3, 0.4) is 0 Å². The zero-order chi connectivity index (χ0) is 15.0. The van der Waals surface area contributed by atoms with Gasteiger partial charge in [0.1, 0.15) is 9.56 Å². The first-order valence-corrected chi connectivity index (χ1v) is 9.61. The average Bonchev–Trinajstić information content (AvgIpc) is 3.14. The second kappa shape index (κ2) is 5.39. The second-order valence-electron chi connectivity index (χ2n) is 4.20. The van der Waals surface area contributed by atoms with Crippen LogP contribution in [0.4, 0.5) is 5.88 Å². The van der Waals surface area contributed by atoms with Crippen LogP contribution in [0.5, 0.6) is 0 Å². The lowest BCUT2D eigenvalue weighted by atomic mass is 10.5. The van der Waals surface area contributed by atoms with E-state index in [1.807, 2.05) is 23.0 Å². The van der Waals surface area contributed by atoms with Gasteiger partial charge in [-0.05, 0) is 45.8 Å². The number of thiol groups is 1. The summed E-state index contributed by atoms with van der Waals surface area (Å²) in [5.74, 6) is 0.0248. The second-order valence-corrected chi connectivity index (χ2v) is 8.46. The SMILES string of the molecule is Cc1noc(NS(=O)(=O)c2ccc([SH]3C=CC=C3)o2)c1Br. The molecule has 3 rings (SSSR count). The van der Waals surface area contributed by atoms with E-state index >= 15 is 0 Å². The number of sulfonamides is 1. The van der Waals surface area contributed by atoms with E-state index in [0.29, 0.717) is 15.3 Å². The van der Waals surface area contributed by atoms with Crippen LogP contribution in [0.1, 0.15) is 5.69 Å². The number of anilines is 1. The maximum absolute atomic E-state index is 12.2.